The summed E-state index contributed by atoms with van der Waals surface area (Å²) in [6.45, 7) is 0. The van der Waals surface area contributed by atoms with E-state index >= 15 is 0 Å². The summed E-state index contributed by atoms with van der Waals surface area (Å²) < 4.78 is 1.16. The van der Waals surface area contributed by atoms with Crippen molar-refractivity contribution in [3.8, 4) is 0 Å². The van der Waals surface area contributed by atoms with Gasteiger partial charge in [-0.05, 0) is 12.1 Å². The lowest BCUT2D eigenvalue weighted by molar-refractivity contribution is 0.0695. The van der Waals surface area contributed by atoms with Gasteiger partial charge in [-0.2, -0.15) is 0 Å². The standard InChI is InChI=1S/C10H6BrNO3/c11-12-8-4-2-1-3-6(8)5-7(9(12)13)10(14)15/h1-5H,(H,14,15). The van der Waals surface area contributed by atoms with Crippen molar-refractivity contribution in [2.75, 3.05) is 0 Å². The normalized spacial score (nSPS) is 10.5. The minimum absolute atomic E-state index is 0.245. The second-order valence-corrected chi connectivity index (χ2v) is 3.72. The molecular formula is C10H6BrNO3. The summed E-state index contributed by atoms with van der Waals surface area (Å²) >= 11 is 3.04. The van der Waals surface area contributed by atoms with Crippen LogP contribution >= 0.6 is 16.1 Å². The summed E-state index contributed by atoms with van der Waals surface area (Å²) in [6.07, 6.45) is 0. The Morgan fingerprint density at radius 2 is 2.00 bits per heavy atom. The fourth-order valence-corrected chi connectivity index (χ4v) is 1.89. The molecule has 0 radical (unpaired) electrons. The van der Waals surface area contributed by atoms with Crippen LogP contribution in [-0.4, -0.2) is 14.7 Å². The van der Waals surface area contributed by atoms with E-state index in [0.29, 0.717) is 10.9 Å². The van der Waals surface area contributed by atoms with E-state index in [1.54, 1.807) is 24.3 Å². The van der Waals surface area contributed by atoms with Gasteiger partial charge in [-0.1, -0.05) is 18.2 Å². The lowest BCUT2D eigenvalue weighted by Gasteiger charge is -2.03. The van der Waals surface area contributed by atoms with Gasteiger partial charge < -0.3 is 5.11 Å². The van der Waals surface area contributed by atoms with E-state index in [2.05, 4.69) is 16.1 Å². The largest absolute Gasteiger partial charge is 0.477 e. The number of hydrogen-bond donors (Lipinski definition) is 1. The average molecular weight is 268 g/mol. The van der Waals surface area contributed by atoms with Gasteiger partial charge in [0.05, 0.1) is 21.7 Å². The van der Waals surface area contributed by atoms with E-state index in [1.165, 1.54) is 6.07 Å². The van der Waals surface area contributed by atoms with Crippen LogP contribution in [0.5, 0.6) is 0 Å². The number of benzene rings is 1. The summed E-state index contributed by atoms with van der Waals surface area (Å²) in [6, 6.07) is 8.42. The molecule has 0 aliphatic carbocycles. The molecule has 1 heterocycles. The van der Waals surface area contributed by atoms with Crippen LogP contribution in [0.25, 0.3) is 10.9 Å². The molecule has 4 nitrogen and oxygen atoms in total. The minimum Gasteiger partial charge on any atom is -0.477 e. The van der Waals surface area contributed by atoms with Crippen LogP contribution in [0.2, 0.25) is 0 Å². The Morgan fingerprint density at radius 3 is 2.67 bits per heavy atom. The van der Waals surface area contributed by atoms with Crippen molar-refractivity contribution in [3.63, 3.8) is 0 Å². The number of aromatic nitrogens is 1. The number of carboxylic acid groups (broad SMARTS) is 1. The maximum absolute atomic E-state index is 11.6. The molecule has 0 fully saturated rings. The van der Waals surface area contributed by atoms with E-state index < -0.39 is 11.5 Å². The Kier molecular flexibility index (Phi) is 2.32. The Labute approximate surface area is 93.1 Å². The highest BCUT2D eigenvalue weighted by molar-refractivity contribution is 9.08. The molecule has 0 aliphatic rings. The summed E-state index contributed by atoms with van der Waals surface area (Å²) in [5.41, 5.74) is -0.167. The van der Waals surface area contributed by atoms with Crippen molar-refractivity contribution in [2.24, 2.45) is 0 Å². The summed E-state index contributed by atoms with van der Waals surface area (Å²) in [5, 5.41) is 9.52. The van der Waals surface area contributed by atoms with Crippen LogP contribution in [0.3, 0.4) is 0 Å². The van der Waals surface area contributed by atoms with Gasteiger partial charge in [0, 0.05) is 5.39 Å². The second-order valence-electron chi connectivity index (χ2n) is 3.01. The molecule has 1 aromatic carbocycles. The van der Waals surface area contributed by atoms with Gasteiger partial charge in [0.25, 0.3) is 5.56 Å². The third kappa shape index (κ3) is 1.55. The maximum atomic E-state index is 11.6. The molecule has 0 atom stereocenters. The number of pyridine rings is 1. The first kappa shape index (κ1) is 9.92. The molecule has 76 valence electrons. The number of halogens is 1. The number of hydrogen-bond acceptors (Lipinski definition) is 2. The zero-order chi connectivity index (χ0) is 11.0. The maximum Gasteiger partial charge on any atom is 0.341 e. The molecule has 0 aliphatic heterocycles. The Balaban J connectivity index is 2.95. The van der Waals surface area contributed by atoms with Gasteiger partial charge in [-0.15, -0.1) is 0 Å². The predicted molar refractivity (Wildman–Crippen MR) is 59.5 cm³/mol. The van der Waals surface area contributed by atoms with Gasteiger partial charge in [-0.3, -0.25) is 4.79 Å². The van der Waals surface area contributed by atoms with Crippen LogP contribution < -0.4 is 5.56 Å². The van der Waals surface area contributed by atoms with Crippen LogP contribution in [0, 0.1) is 0 Å². The topological polar surface area (TPSA) is 59.3 Å². The van der Waals surface area contributed by atoms with Gasteiger partial charge in [0.15, 0.2) is 0 Å². The fourth-order valence-electron chi connectivity index (χ4n) is 1.37. The summed E-state index contributed by atoms with van der Waals surface area (Å²) in [5.74, 6) is -1.22. The molecule has 1 N–H and O–H groups in total. The lowest BCUT2D eigenvalue weighted by Crippen LogP contribution is -2.21. The smallest absolute Gasteiger partial charge is 0.341 e. The molecule has 0 amide bonds. The number of aromatic carboxylic acids is 1. The summed E-state index contributed by atoms with van der Waals surface area (Å²) in [7, 11) is 0. The van der Waals surface area contributed by atoms with E-state index in [9.17, 15) is 9.59 Å². The molecular weight excluding hydrogens is 262 g/mol. The van der Waals surface area contributed by atoms with Crippen LogP contribution in [0.4, 0.5) is 0 Å². The molecule has 0 unspecified atom stereocenters. The third-order valence-corrected chi connectivity index (χ3v) is 2.79. The molecule has 0 spiro atoms. The Bertz CT molecular complexity index is 603. The number of para-hydroxylation sites is 1. The van der Waals surface area contributed by atoms with Crippen LogP contribution in [0.15, 0.2) is 35.1 Å². The number of carboxylic acids is 1. The van der Waals surface area contributed by atoms with Crippen molar-refractivity contribution >= 4 is 33.0 Å². The van der Waals surface area contributed by atoms with E-state index in [1.807, 2.05) is 0 Å². The first-order valence-electron chi connectivity index (χ1n) is 4.15. The van der Waals surface area contributed by atoms with Gasteiger partial charge in [0.2, 0.25) is 0 Å². The number of carbonyl (C=O) groups is 1. The van der Waals surface area contributed by atoms with E-state index in [0.717, 1.165) is 3.59 Å². The number of nitrogens with zero attached hydrogens (tertiary/aromatic N) is 1. The molecule has 0 bridgehead atoms. The van der Waals surface area contributed by atoms with Crippen molar-refractivity contribution in [1.82, 2.24) is 3.59 Å². The first-order valence-corrected chi connectivity index (χ1v) is 4.86. The summed E-state index contributed by atoms with van der Waals surface area (Å²) in [4.78, 5) is 22.3. The van der Waals surface area contributed by atoms with Crippen molar-refractivity contribution in [2.45, 2.75) is 0 Å². The zero-order valence-electron chi connectivity index (χ0n) is 7.48. The SMILES string of the molecule is O=C(O)c1cc2ccccc2n(Br)c1=O. The van der Waals surface area contributed by atoms with Crippen LogP contribution in [-0.2, 0) is 0 Å². The van der Waals surface area contributed by atoms with Crippen LogP contribution in [0.1, 0.15) is 10.4 Å². The molecule has 0 saturated heterocycles. The highest BCUT2D eigenvalue weighted by Gasteiger charge is 2.12. The third-order valence-electron chi connectivity index (χ3n) is 2.09. The quantitative estimate of drug-likeness (QED) is 0.858. The van der Waals surface area contributed by atoms with Crippen molar-refractivity contribution < 1.29 is 9.90 Å². The number of fused-ring (bicyclic) bond motifs is 1. The highest BCUT2D eigenvalue weighted by atomic mass is 79.9. The molecule has 0 saturated carbocycles. The Hall–Kier alpha value is -1.62. The highest BCUT2D eigenvalue weighted by Crippen LogP contribution is 2.14. The first-order chi connectivity index (χ1) is 7.11. The second kappa shape index (κ2) is 3.51. The molecule has 5 heteroatoms. The predicted octanol–water partition coefficient (Wildman–Crippen LogP) is 1.86. The molecule has 2 aromatic rings. The molecule has 1 aromatic heterocycles. The number of rotatable bonds is 1. The van der Waals surface area contributed by atoms with Crippen molar-refractivity contribution in [3.05, 3.63) is 46.2 Å². The van der Waals surface area contributed by atoms with E-state index in [4.69, 9.17) is 5.11 Å². The van der Waals surface area contributed by atoms with Crippen molar-refractivity contribution in [1.29, 1.82) is 0 Å². The molecule has 15 heavy (non-hydrogen) atoms. The fraction of sp³-hybridized carbons (Fsp3) is 0. The minimum atomic E-state index is -1.22. The Morgan fingerprint density at radius 1 is 1.33 bits per heavy atom. The lowest BCUT2D eigenvalue weighted by atomic mass is 10.1. The van der Waals surface area contributed by atoms with Gasteiger partial charge >= 0.3 is 5.97 Å². The zero-order valence-corrected chi connectivity index (χ0v) is 9.06. The molecule has 2 rings (SSSR count). The van der Waals surface area contributed by atoms with Gasteiger partial charge in [-0.25, -0.2) is 8.39 Å². The van der Waals surface area contributed by atoms with Gasteiger partial charge in [0.1, 0.15) is 5.56 Å². The van der Waals surface area contributed by atoms with E-state index in [-0.39, 0.29) is 5.56 Å². The monoisotopic (exact) mass is 267 g/mol. The average Bonchev–Trinajstić information content (AvgIpc) is 2.23.